The van der Waals surface area contributed by atoms with E-state index in [1.54, 1.807) is 20.8 Å². The number of hydrogen-bond donors (Lipinski definition) is 1. The smallest absolute Gasteiger partial charge is 0.408 e. The molecule has 0 aromatic heterocycles. The van der Waals surface area contributed by atoms with Gasteiger partial charge in [-0.3, -0.25) is 4.79 Å². The number of carbonyl (C=O) groups is 2. The molecule has 2 fully saturated rings. The van der Waals surface area contributed by atoms with Crippen LogP contribution < -0.4 is 5.32 Å². The zero-order chi connectivity index (χ0) is 18.5. The van der Waals surface area contributed by atoms with Gasteiger partial charge in [0.2, 0.25) is 5.67 Å². The fourth-order valence-electron chi connectivity index (χ4n) is 3.68. The van der Waals surface area contributed by atoms with Crippen molar-refractivity contribution >= 4 is 12.0 Å². The maximum atomic E-state index is 15.4. The van der Waals surface area contributed by atoms with Crippen molar-refractivity contribution in [1.82, 2.24) is 10.2 Å². The Morgan fingerprint density at radius 1 is 1.28 bits per heavy atom. The Kier molecular flexibility index (Phi) is 4.05. The Balaban J connectivity index is 1.81. The molecule has 1 aromatic rings. The van der Waals surface area contributed by atoms with Gasteiger partial charge in [0.25, 0.3) is 5.91 Å². The van der Waals surface area contributed by atoms with Gasteiger partial charge < -0.3 is 15.0 Å². The number of nitrogens with zero attached hydrogens (tertiary/aromatic N) is 1. The number of fused-ring (bicyclic) bond motifs is 1. The van der Waals surface area contributed by atoms with E-state index in [0.29, 0.717) is 6.42 Å². The number of amides is 2. The van der Waals surface area contributed by atoms with Crippen molar-refractivity contribution in [3.05, 3.63) is 35.9 Å². The van der Waals surface area contributed by atoms with Crippen LogP contribution in [0.3, 0.4) is 0 Å². The molecule has 136 valence electrons. The van der Waals surface area contributed by atoms with Gasteiger partial charge in [0.1, 0.15) is 11.1 Å². The van der Waals surface area contributed by atoms with Crippen LogP contribution in [0.4, 0.5) is 9.18 Å². The number of hydrogen-bond acceptors (Lipinski definition) is 3. The van der Waals surface area contributed by atoms with Crippen LogP contribution in [-0.2, 0) is 9.53 Å². The number of carbonyl (C=O) groups excluding carboxylic acids is 2. The van der Waals surface area contributed by atoms with E-state index in [2.05, 4.69) is 5.32 Å². The van der Waals surface area contributed by atoms with Crippen LogP contribution in [0.15, 0.2) is 30.3 Å². The molecule has 2 aliphatic rings. The van der Waals surface area contributed by atoms with E-state index in [4.69, 9.17) is 4.74 Å². The number of benzene rings is 1. The highest BCUT2D eigenvalue weighted by atomic mass is 19.1. The number of likely N-dealkylation sites (tertiary alicyclic amines) is 1. The van der Waals surface area contributed by atoms with Crippen molar-refractivity contribution < 1.29 is 18.7 Å². The monoisotopic (exact) mass is 348 g/mol. The summed E-state index contributed by atoms with van der Waals surface area (Å²) in [6, 6.07) is 9.24. The van der Waals surface area contributed by atoms with Gasteiger partial charge in [-0.1, -0.05) is 30.3 Å². The van der Waals surface area contributed by atoms with Gasteiger partial charge >= 0.3 is 6.09 Å². The summed E-state index contributed by atoms with van der Waals surface area (Å²) in [5.74, 6) is -0.550. The summed E-state index contributed by atoms with van der Waals surface area (Å²) in [6.45, 7) is 7.27. The average Bonchev–Trinajstić information content (AvgIpc) is 2.67. The minimum Gasteiger partial charge on any atom is -0.444 e. The molecule has 0 bridgehead atoms. The van der Waals surface area contributed by atoms with Crippen LogP contribution in [0.2, 0.25) is 0 Å². The molecular formula is C19H25FN2O3. The van der Waals surface area contributed by atoms with E-state index < -0.39 is 28.8 Å². The summed E-state index contributed by atoms with van der Waals surface area (Å²) >= 11 is 0. The minimum atomic E-state index is -2.05. The maximum absolute atomic E-state index is 15.4. The highest BCUT2D eigenvalue weighted by Gasteiger charge is 2.72. The molecule has 1 aliphatic heterocycles. The molecule has 1 saturated carbocycles. The first kappa shape index (κ1) is 17.7. The fraction of sp³-hybridized carbons (Fsp3) is 0.579. The van der Waals surface area contributed by atoms with Gasteiger partial charge in [0.15, 0.2) is 0 Å². The van der Waals surface area contributed by atoms with Crippen LogP contribution in [0.5, 0.6) is 0 Å². The van der Waals surface area contributed by atoms with Gasteiger partial charge in [-0.15, -0.1) is 0 Å². The normalized spacial score (nSPS) is 29.6. The molecule has 5 nitrogen and oxygen atoms in total. The van der Waals surface area contributed by atoms with Crippen molar-refractivity contribution in [2.24, 2.45) is 0 Å². The third-order valence-electron chi connectivity index (χ3n) is 5.18. The topological polar surface area (TPSA) is 58.6 Å². The summed E-state index contributed by atoms with van der Waals surface area (Å²) in [7, 11) is 0. The highest BCUT2D eigenvalue weighted by Crippen LogP contribution is 2.53. The largest absolute Gasteiger partial charge is 0.444 e. The summed E-state index contributed by atoms with van der Waals surface area (Å²) in [5.41, 5.74) is -2.99. The molecule has 0 spiro atoms. The quantitative estimate of drug-likeness (QED) is 0.911. The summed E-state index contributed by atoms with van der Waals surface area (Å²) < 4.78 is 20.7. The van der Waals surface area contributed by atoms with E-state index in [0.717, 1.165) is 5.56 Å². The van der Waals surface area contributed by atoms with Gasteiger partial charge in [0.05, 0.1) is 6.04 Å². The Morgan fingerprint density at radius 2 is 1.92 bits per heavy atom. The number of halogens is 1. The first-order chi connectivity index (χ1) is 11.6. The van der Waals surface area contributed by atoms with E-state index in [-0.39, 0.29) is 19.0 Å². The maximum Gasteiger partial charge on any atom is 0.408 e. The van der Waals surface area contributed by atoms with Gasteiger partial charge in [-0.05, 0) is 46.1 Å². The van der Waals surface area contributed by atoms with Crippen LogP contribution in [0, 0.1) is 0 Å². The Bertz CT molecular complexity index is 688. The Morgan fingerprint density at radius 3 is 2.44 bits per heavy atom. The molecule has 3 atom stereocenters. The number of nitrogens with one attached hydrogen (secondary N) is 1. The molecular weight excluding hydrogens is 323 g/mol. The second-order valence-corrected chi connectivity index (χ2v) is 8.03. The zero-order valence-corrected chi connectivity index (χ0v) is 15.1. The lowest BCUT2D eigenvalue weighted by Gasteiger charge is -2.47. The predicted molar refractivity (Wildman–Crippen MR) is 91.7 cm³/mol. The van der Waals surface area contributed by atoms with Crippen molar-refractivity contribution in [3.63, 3.8) is 0 Å². The van der Waals surface area contributed by atoms with E-state index in [1.165, 1.54) is 4.90 Å². The third-order valence-corrected chi connectivity index (χ3v) is 5.18. The fourth-order valence-corrected chi connectivity index (χ4v) is 3.68. The van der Waals surface area contributed by atoms with Crippen molar-refractivity contribution in [2.75, 3.05) is 6.54 Å². The number of rotatable bonds is 3. The van der Waals surface area contributed by atoms with Crippen molar-refractivity contribution in [3.8, 4) is 0 Å². The van der Waals surface area contributed by atoms with Crippen LogP contribution in [-0.4, -0.2) is 40.3 Å². The molecule has 1 N–H and O–H groups in total. The van der Waals surface area contributed by atoms with Crippen LogP contribution in [0.1, 0.15) is 52.1 Å². The molecule has 1 saturated heterocycles. The second kappa shape index (κ2) is 5.71. The zero-order valence-electron chi connectivity index (χ0n) is 15.1. The van der Waals surface area contributed by atoms with E-state index in [9.17, 15) is 9.59 Å². The number of alkyl carbamates (subject to hydrolysis) is 1. The number of ether oxygens (including phenoxy) is 1. The van der Waals surface area contributed by atoms with Gasteiger partial charge in [-0.25, -0.2) is 9.18 Å². The molecule has 6 heteroatoms. The molecule has 0 radical (unpaired) electrons. The molecule has 1 heterocycles. The van der Waals surface area contributed by atoms with Crippen LogP contribution >= 0.6 is 0 Å². The molecule has 3 rings (SSSR count). The Hall–Kier alpha value is -2.11. The molecule has 1 aromatic carbocycles. The van der Waals surface area contributed by atoms with Crippen molar-refractivity contribution in [1.29, 1.82) is 0 Å². The molecule has 25 heavy (non-hydrogen) atoms. The SMILES string of the molecule is C[C@H](c1ccccc1)N1C[C@]2(NC(=O)OC(C)(C)C)CC[C@]2(F)C1=O. The first-order valence-corrected chi connectivity index (χ1v) is 8.64. The summed E-state index contributed by atoms with van der Waals surface area (Å²) in [4.78, 5) is 26.4. The molecule has 1 aliphatic carbocycles. The van der Waals surface area contributed by atoms with Crippen LogP contribution in [0.25, 0.3) is 0 Å². The van der Waals surface area contributed by atoms with Crippen molar-refractivity contribution in [2.45, 2.75) is 63.4 Å². The lowest BCUT2D eigenvalue weighted by Crippen LogP contribution is -2.70. The third kappa shape index (κ3) is 2.87. The van der Waals surface area contributed by atoms with E-state index >= 15 is 4.39 Å². The highest BCUT2D eigenvalue weighted by molar-refractivity contribution is 5.93. The first-order valence-electron chi connectivity index (χ1n) is 8.64. The lowest BCUT2D eigenvalue weighted by atomic mass is 9.66. The Labute approximate surface area is 147 Å². The predicted octanol–water partition coefficient (Wildman–Crippen LogP) is 3.36. The van der Waals surface area contributed by atoms with Gasteiger partial charge in [0, 0.05) is 6.54 Å². The molecule has 0 unspecified atom stereocenters. The minimum absolute atomic E-state index is 0.125. The molecule has 2 amide bonds. The van der Waals surface area contributed by atoms with Gasteiger partial charge in [-0.2, -0.15) is 0 Å². The van der Waals surface area contributed by atoms with E-state index in [1.807, 2.05) is 37.3 Å². The lowest BCUT2D eigenvalue weighted by molar-refractivity contribution is -0.146. The summed E-state index contributed by atoms with van der Waals surface area (Å²) in [6.07, 6.45) is -0.136. The average molecular weight is 348 g/mol. The second-order valence-electron chi connectivity index (χ2n) is 8.03. The number of alkyl halides is 1. The summed E-state index contributed by atoms with van der Waals surface area (Å²) in [5, 5.41) is 2.66. The standard InChI is InChI=1S/C19H25FN2O3/c1-13(14-8-6-5-7-9-14)22-12-18(10-11-19(18,20)15(22)23)21-16(24)25-17(2,3)4/h5-9,13H,10-12H2,1-4H3,(H,21,24)/t13-,18-,19+/m1/s1.